The van der Waals surface area contributed by atoms with E-state index in [1.165, 1.54) is 6.08 Å². The zero-order valence-corrected chi connectivity index (χ0v) is 11.5. The molecule has 0 bridgehead atoms. The summed E-state index contributed by atoms with van der Waals surface area (Å²) in [6, 6.07) is 9.44. The highest BCUT2D eigenvalue weighted by atomic mass is 16.5. The van der Waals surface area contributed by atoms with Crippen LogP contribution >= 0.6 is 0 Å². The minimum atomic E-state index is -0.466. The summed E-state index contributed by atoms with van der Waals surface area (Å²) in [5, 5.41) is 10.4. The van der Waals surface area contributed by atoms with Gasteiger partial charge in [0.05, 0.1) is 0 Å². The lowest BCUT2D eigenvalue weighted by molar-refractivity contribution is -0.167. The van der Waals surface area contributed by atoms with Gasteiger partial charge in [0.25, 0.3) is 5.91 Å². The summed E-state index contributed by atoms with van der Waals surface area (Å²) in [6.45, 7) is 8.52. The molecule has 0 aliphatic rings. The molecule has 1 aromatic rings. The van der Waals surface area contributed by atoms with Crippen LogP contribution in [0.2, 0.25) is 0 Å². The van der Waals surface area contributed by atoms with Gasteiger partial charge in [-0.05, 0) is 11.6 Å². The van der Waals surface area contributed by atoms with Gasteiger partial charge < -0.3 is 0 Å². The fourth-order valence-electron chi connectivity index (χ4n) is 1.63. The summed E-state index contributed by atoms with van der Waals surface area (Å²) in [6.07, 6.45) is 6.43. The molecule has 4 heteroatoms. The van der Waals surface area contributed by atoms with E-state index in [1.807, 2.05) is 35.2 Å². The quantitative estimate of drug-likeness (QED) is 0.260. The van der Waals surface area contributed by atoms with Gasteiger partial charge in [0.15, 0.2) is 0 Å². The number of carbonyl (C=O) groups excluding carboxylic acids is 1. The molecular formula is C16H20N2O2. The van der Waals surface area contributed by atoms with Gasteiger partial charge in [0.2, 0.25) is 0 Å². The van der Waals surface area contributed by atoms with E-state index in [-0.39, 0.29) is 6.67 Å². The zero-order valence-electron chi connectivity index (χ0n) is 11.5. The number of carbonyl (C=O) groups is 1. The summed E-state index contributed by atoms with van der Waals surface area (Å²) < 4.78 is 0. The molecule has 1 aromatic carbocycles. The molecule has 0 saturated carbocycles. The molecule has 106 valence electrons. The second kappa shape index (κ2) is 8.85. The predicted molar refractivity (Wildman–Crippen MR) is 80.9 cm³/mol. The minimum absolute atomic E-state index is 0.107. The molecule has 0 atom stereocenters. The van der Waals surface area contributed by atoms with Crippen LogP contribution in [0.25, 0.3) is 6.08 Å². The molecule has 20 heavy (non-hydrogen) atoms. The third-order valence-electron chi connectivity index (χ3n) is 2.58. The smallest absolute Gasteiger partial charge is 0.271 e. The molecule has 0 unspecified atom stereocenters. The molecule has 0 saturated heterocycles. The van der Waals surface area contributed by atoms with Crippen molar-refractivity contribution in [3.05, 3.63) is 67.3 Å². The fourth-order valence-corrected chi connectivity index (χ4v) is 1.63. The average Bonchev–Trinajstić information content (AvgIpc) is 2.46. The maximum atomic E-state index is 11.8. The molecular weight excluding hydrogens is 252 g/mol. The first kappa shape index (κ1) is 15.9. The lowest BCUT2D eigenvalue weighted by Gasteiger charge is -2.23. The van der Waals surface area contributed by atoms with Gasteiger partial charge in [-0.15, -0.1) is 13.2 Å². The van der Waals surface area contributed by atoms with E-state index in [0.717, 1.165) is 5.56 Å². The Kier molecular flexibility index (Phi) is 7.03. The van der Waals surface area contributed by atoms with Crippen molar-refractivity contribution in [1.82, 2.24) is 9.96 Å². The third kappa shape index (κ3) is 5.65. The highest BCUT2D eigenvalue weighted by Crippen LogP contribution is 2.02. The minimum Gasteiger partial charge on any atom is -0.284 e. The second-order valence-corrected chi connectivity index (χ2v) is 4.24. The Hall–Kier alpha value is -2.17. The highest BCUT2D eigenvalue weighted by Gasteiger charge is 2.11. The Morgan fingerprint density at radius 1 is 1.15 bits per heavy atom. The monoisotopic (exact) mass is 272 g/mol. The first-order valence-electron chi connectivity index (χ1n) is 6.35. The molecule has 1 amide bonds. The van der Waals surface area contributed by atoms with Crippen LogP contribution in [0.5, 0.6) is 0 Å². The van der Waals surface area contributed by atoms with Crippen molar-refractivity contribution in [3.8, 4) is 0 Å². The van der Waals surface area contributed by atoms with Gasteiger partial charge >= 0.3 is 0 Å². The number of nitrogens with zero attached hydrogens (tertiary/aromatic N) is 2. The zero-order chi connectivity index (χ0) is 14.8. The van der Waals surface area contributed by atoms with Crippen LogP contribution in [-0.2, 0) is 4.79 Å². The Bertz CT molecular complexity index is 459. The van der Waals surface area contributed by atoms with Crippen LogP contribution < -0.4 is 0 Å². The van der Waals surface area contributed by atoms with Crippen molar-refractivity contribution in [2.75, 3.05) is 19.8 Å². The predicted octanol–water partition coefficient (Wildman–Crippen LogP) is 2.55. The van der Waals surface area contributed by atoms with Crippen molar-refractivity contribution in [2.24, 2.45) is 0 Å². The van der Waals surface area contributed by atoms with E-state index in [1.54, 1.807) is 18.2 Å². The number of hydrogen-bond acceptors (Lipinski definition) is 3. The van der Waals surface area contributed by atoms with Gasteiger partial charge in [0.1, 0.15) is 6.67 Å². The van der Waals surface area contributed by atoms with Crippen molar-refractivity contribution < 1.29 is 10.0 Å². The number of benzene rings is 1. The molecule has 0 heterocycles. The van der Waals surface area contributed by atoms with Gasteiger partial charge in [-0.1, -0.05) is 42.5 Å². The van der Waals surface area contributed by atoms with Crippen LogP contribution in [0.3, 0.4) is 0 Å². The third-order valence-corrected chi connectivity index (χ3v) is 2.58. The van der Waals surface area contributed by atoms with E-state index in [4.69, 9.17) is 0 Å². The molecule has 0 aliphatic carbocycles. The molecule has 0 aromatic heterocycles. The first-order valence-corrected chi connectivity index (χ1v) is 6.35. The first-order chi connectivity index (χ1) is 9.67. The van der Waals surface area contributed by atoms with Crippen molar-refractivity contribution in [2.45, 2.75) is 0 Å². The van der Waals surface area contributed by atoms with E-state index in [9.17, 15) is 10.0 Å². The van der Waals surface area contributed by atoms with Gasteiger partial charge in [-0.2, -0.15) is 0 Å². The number of amides is 1. The summed E-state index contributed by atoms with van der Waals surface area (Å²) >= 11 is 0. The second-order valence-electron chi connectivity index (χ2n) is 4.24. The van der Waals surface area contributed by atoms with Crippen LogP contribution in [-0.4, -0.2) is 40.8 Å². The summed E-state index contributed by atoms with van der Waals surface area (Å²) in [5.74, 6) is -0.466. The van der Waals surface area contributed by atoms with Gasteiger partial charge in [-0.3, -0.25) is 14.9 Å². The molecule has 1 N–H and O–H groups in total. The maximum absolute atomic E-state index is 11.8. The van der Waals surface area contributed by atoms with E-state index in [2.05, 4.69) is 13.2 Å². The maximum Gasteiger partial charge on any atom is 0.271 e. The molecule has 1 rings (SSSR count). The fraction of sp³-hybridized carbons (Fsp3) is 0.188. The van der Waals surface area contributed by atoms with Crippen molar-refractivity contribution >= 4 is 12.0 Å². The van der Waals surface area contributed by atoms with Crippen LogP contribution in [0.15, 0.2) is 61.7 Å². The standard InChI is InChI=1S/C16H20N2O2/c1-3-12-17(13-4-2)14-18(20)16(19)11-10-15-8-6-5-7-9-15/h3-11,20H,1-2,12-14H2. The Balaban J connectivity index is 2.55. The Morgan fingerprint density at radius 3 is 2.30 bits per heavy atom. The summed E-state index contributed by atoms with van der Waals surface area (Å²) in [7, 11) is 0. The number of rotatable bonds is 8. The normalized spacial score (nSPS) is 10.7. The lowest BCUT2D eigenvalue weighted by atomic mass is 10.2. The molecule has 0 radical (unpaired) electrons. The van der Waals surface area contributed by atoms with Crippen molar-refractivity contribution in [3.63, 3.8) is 0 Å². The molecule has 0 aliphatic heterocycles. The summed E-state index contributed by atoms with van der Waals surface area (Å²) in [4.78, 5) is 13.6. The average molecular weight is 272 g/mol. The Morgan fingerprint density at radius 2 is 1.75 bits per heavy atom. The van der Waals surface area contributed by atoms with E-state index < -0.39 is 5.91 Å². The molecule has 4 nitrogen and oxygen atoms in total. The molecule has 0 spiro atoms. The number of hydrogen-bond donors (Lipinski definition) is 1. The van der Waals surface area contributed by atoms with Gasteiger partial charge in [0, 0.05) is 19.2 Å². The number of hydroxylamine groups is 2. The topological polar surface area (TPSA) is 43.8 Å². The SMILES string of the molecule is C=CCN(CC=C)CN(O)C(=O)C=Cc1ccccc1. The van der Waals surface area contributed by atoms with Gasteiger partial charge in [-0.25, -0.2) is 5.06 Å². The van der Waals surface area contributed by atoms with E-state index >= 15 is 0 Å². The Labute approximate surface area is 119 Å². The van der Waals surface area contributed by atoms with Crippen LogP contribution in [0, 0.1) is 0 Å². The lowest BCUT2D eigenvalue weighted by Crippen LogP contribution is -2.39. The van der Waals surface area contributed by atoms with Crippen LogP contribution in [0.4, 0.5) is 0 Å². The van der Waals surface area contributed by atoms with E-state index in [0.29, 0.717) is 18.2 Å². The highest BCUT2D eigenvalue weighted by molar-refractivity contribution is 5.90. The van der Waals surface area contributed by atoms with Crippen molar-refractivity contribution in [1.29, 1.82) is 0 Å². The molecule has 0 fully saturated rings. The summed E-state index contributed by atoms with van der Waals surface area (Å²) in [5.41, 5.74) is 0.906. The van der Waals surface area contributed by atoms with Crippen LogP contribution in [0.1, 0.15) is 5.56 Å². The largest absolute Gasteiger partial charge is 0.284 e.